The largest absolute Gasteiger partial charge is 0.481 e. The highest BCUT2D eigenvalue weighted by atomic mass is 16.4. The normalized spacial score (nSPS) is 16.6. The second-order valence-electron chi connectivity index (χ2n) is 5.15. The Labute approximate surface area is 113 Å². The van der Waals surface area contributed by atoms with Crippen molar-refractivity contribution in [2.75, 3.05) is 18.0 Å². The van der Waals surface area contributed by atoms with Crippen molar-refractivity contribution in [3.8, 4) is 0 Å². The van der Waals surface area contributed by atoms with Crippen molar-refractivity contribution in [2.45, 2.75) is 39.0 Å². The summed E-state index contributed by atoms with van der Waals surface area (Å²) in [7, 11) is 0. The molecule has 1 saturated heterocycles. The second-order valence-corrected chi connectivity index (χ2v) is 5.15. The van der Waals surface area contributed by atoms with Crippen LogP contribution in [0.15, 0.2) is 12.4 Å². The molecule has 0 atom stereocenters. The Morgan fingerprint density at radius 1 is 1.42 bits per heavy atom. The molecule has 1 aromatic heterocycles. The average Bonchev–Trinajstić information content (AvgIpc) is 2.40. The molecule has 2 rings (SSSR count). The molecule has 2 heterocycles. The fourth-order valence-corrected chi connectivity index (χ4v) is 2.56. The number of aromatic nitrogens is 2. The molecule has 1 fully saturated rings. The van der Waals surface area contributed by atoms with E-state index in [-0.39, 0.29) is 0 Å². The van der Waals surface area contributed by atoms with Gasteiger partial charge in [-0.05, 0) is 25.2 Å². The van der Waals surface area contributed by atoms with Gasteiger partial charge in [0.05, 0.1) is 0 Å². The standard InChI is InChI=1S/C14H21N3O2/c1-2-3-12-9-13(16-10-15-12)17-6-4-11(5-7-17)8-14(18)19/h9-11H,2-8H2,1H3,(H,18,19). The van der Waals surface area contributed by atoms with Crippen LogP contribution in [-0.2, 0) is 11.2 Å². The van der Waals surface area contributed by atoms with Crippen LogP contribution in [-0.4, -0.2) is 34.1 Å². The number of hydrogen-bond donors (Lipinski definition) is 1. The van der Waals surface area contributed by atoms with Crippen molar-refractivity contribution in [1.82, 2.24) is 9.97 Å². The molecule has 1 aliphatic heterocycles. The Kier molecular flexibility index (Phi) is 4.71. The number of aliphatic carboxylic acids is 1. The lowest BCUT2D eigenvalue weighted by Gasteiger charge is -2.32. The van der Waals surface area contributed by atoms with Gasteiger partial charge in [-0.2, -0.15) is 0 Å². The summed E-state index contributed by atoms with van der Waals surface area (Å²) in [6.07, 6.45) is 5.84. The third-order valence-electron chi connectivity index (χ3n) is 3.62. The van der Waals surface area contributed by atoms with Gasteiger partial charge in [0.2, 0.25) is 0 Å². The number of anilines is 1. The van der Waals surface area contributed by atoms with Crippen LogP contribution in [0.4, 0.5) is 5.82 Å². The van der Waals surface area contributed by atoms with Crippen LogP contribution >= 0.6 is 0 Å². The van der Waals surface area contributed by atoms with Crippen molar-refractivity contribution < 1.29 is 9.90 Å². The number of piperidine rings is 1. The quantitative estimate of drug-likeness (QED) is 0.881. The van der Waals surface area contributed by atoms with Gasteiger partial charge in [0.1, 0.15) is 12.1 Å². The molecule has 19 heavy (non-hydrogen) atoms. The molecule has 1 aromatic rings. The maximum Gasteiger partial charge on any atom is 0.303 e. The summed E-state index contributed by atoms with van der Waals surface area (Å²) in [6, 6.07) is 2.06. The van der Waals surface area contributed by atoms with Gasteiger partial charge in [0.15, 0.2) is 0 Å². The highest BCUT2D eigenvalue weighted by molar-refractivity contribution is 5.67. The zero-order chi connectivity index (χ0) is 13.7. The summed E-state index contributed by atoms with van der Waals surface area (Å²) in [5.41, 5.74) is 1.08. The third-order valence-corrected chi connectivity index (χ3v) is 3.62. The fraction of sp³-hybridized carbons (Fsp3) is 0.643. The van der Waals surface area contributed by atoms with Crippen molar-refractivity contribution in [3.05, 3.63) is 18.1 Å². The number of carboxylic acids is 1. The molecule has 1 aliphatic rings. The average molecular weight is 263 g/mol. The number of aryl methyl sites for hydroxylation is 1. The smallest absolute Gasteiger partial charge is 0.303 e. The van der Waals surface area contributed by atoms with Crippen LogP contribution in [0.25, 0.3) is 0 Å². The van der Waals surface area contributed by atoms with Crippen molar-refractivity contribution >= 4 is 11.8 Å². The molecule has 1 N–H and O–H groups in total. The van der Waals surface area contributed by atoms with Crippen LogP contribution in [0.3, 0.4) is 0 Å². The maximum absolute atomic E-state index is 10.7. The molecule has 0 saturated carbocycles. The van der Waals surface area contributed by atoms with Crippen LogP contribution in [0.2, 0.25) is 0 Å². The van der Waals surface area contributed by atoms with Gasteiger partial charge in [-0.15, -0.1) is 0 Å². The molecule has 0 aliphatic carbocycles. The topological polar surface area (TPSA) is 66.3 Å². The third kappa shape index (κ3) is 3.91. The van der Waals surface area contributed by atoms with Gasteiger partial charge in [-0.1, -0.05) is 13.3 Å². The Balaban J connectivity index is 1.93. The summed E-state index contributed by atoms with van der Waals surface area (Å²) in [5, 5.41) is 8.81. The number of carbonyl (C=O) groups is 1. The monoisotopic (exact) mass is 263 g/mol. The van der Waals surface area contributed by atoms with Crippen molar-refractivity contribution in [3.63, 3.8) is 0 Å². The summed E-state index contributed by atoms with van der Waals surface area (Å²) >= 11 is 0. The molecule has 5 heteroatoms. The molecular weight excluding hydrogens is 242 g/mol. The zero-order valence-corrected chi connectivity index (χ0v) is 11.4. The lowest BCUT2D eigenvalue weighted by molar-refractivity contribution is -0.138. The number of hydrogen-bond acceptors (Lipinski definition) is 4. The molecule has 0 unspecified atom stereocenters. The SMILES string of the molecule is CCCc1cc(N2CCC(CC(=O)O)CC2)ncn1. The first-order chi connectivity index (χ1) is 9.19. The maximum atomic E-state index is 10.7. The molecular formula is C14H21N3O2. The van der Waals surface area contributed by atoms with Gasteiger partial charge in [-0.3, -0.25) is 4.79 Å². The summed E-state index contributed by atoms with van der Waals surface area (Å²) < 4.78 is 0. The Morgan fingerprint density at radius 3 is 2.79 bits per heavy atom. The fourth-order valence-electron chi connectivity index (χ4n) is 2.56. The first-order valence-electron chi connectivity index (χ1n) is 6.96. The predicted octanol–water partition coefficient (Wildman–Crippen LogP) is 2.12. The molecule has 0 aromatic carbocycles. The molecule has 0 bridgehead atoms. The van der Waals surface area contributed by atoms with Gasteiger partial charge in [0.25, 0.3) is 0 Å². The van der Waals surface area contributed by atoms with Crippen LogP contribution in [0.1, 0.15) is 38.3 Å². The van der Waals surface area contributed by atoms with E-state index in [1.54, 1.807) is 6.33 Å². The summed E-state index contributed by atoms with van der Waals surface area (Å²) in [5.74, 6) is 0.601. The van der Waals surface area contributed by atoms with Crippen LogP contribution < -0.4 is 4.90 Å². The number of rotatable bonds is 5. The van der Waals surface area contributed by atoms with Gasteiger partial charge in [-0.25, -0.2) is 9.97 Å². The van der Waals surface area contributed by atoms with E-state index in [0.29, 0.717) is 12.3 Å². The van der Waals surface area contributed by atoms with E-state index in [2.05, 4.69) is 27.9 Å². The van der Waals surface area contributed by atoms with E-state index in [0.717, 1.165) is 50.3 Å². The van der Waals surface area contributed by atoms with E-state index in [4.69, 9.17) is 5.11 Å². The van der Waals surface area contributed by atoms with Gasteiger partial charge in [0, 0.05) is 31.3 Å². The highest BCUT2D eigenvalue weighted by Gasteiger charge is 2.22. The van der Waals surface area contributed by atoms with Crippen molar-refractivity contribution in [2.24, 2.45) is 5.92 Å². The lowest BCUT2D eigenvalue weighted by Crippen LogP contribution is -2.35. The Bertz CT molecular complexity index is 428. The van der Waals surface area contributed by atoms with E-state index < -0.39 is 5.97 Å². The minimum atomic E-state index is -0.689. The Hall–Kier alpha value is -1.65. The molecule has 0 amide bonds. The molecule has 0 spiro atoms. The predicted molar refractivity (Wildman–Crippen MR) is 73.2 cm³/mol. The second kappa shape index (κ2) is 6.50. The van der Waals surface area contributed by atoms with Crippen molar-refractivity contribution in [1.29, 1.82) is 0 Å². The minimum Gasteiger partial charge on any atom is -0.481 e. The molecule has 5 nitrogen and oxygen atoms in total. The van der Waals surface area contributed by atoms with Gasteiger partial charge >= 0.3 is 5.97 Å². The first kappa shape index (κ1) is 13.8. The molecule has 0 radical (unpaired) electrons. The number of carboxylic acid groups (broad SMARTS) is 1. The minimum absolute atomic E-state index is 0.290. The van der Waals surface area contributed by atoms with Crippen LogP contribution in [0, 0.1) is 5.92 Å². The van der Waals surface area contributed by atoms with E-state index >= 15 is 0 Å². The van der Waals surface area contributed by atoms with Gasteiger partial charge < -0.3 is 10.0 Å². The molecule has 104 valence electrons. The first-order valence-corrected chi connectivity index (χ1v) is 6.96. The highest BCUT2D eigenvalue weighted by Crippen LogP contribution is 2.24. The van der Waals surface area contributed by atoms with Crippen LogP contribution in [0.5, 0.6) is 0 Å². The number of nitrogens with zero attached hydrogens (tertiary/aromatic N) is 3. The summed E-state index contributed by atoms with van der Waals surface area (Å²) in [4.78, 5) is 21.5. The van der Waals surface area contributed by atoms with E-state index in [1.807, 2.05) is 0 Å². The summed E-state index contributed by atoms with van der Waals surface area (Å²) in [6.45, 7) is 3.92. The van der Waals surface area contributed by atoms with E-state index in [9.17, 15) is 4.79 Å². The zero-order valence-electron chi connectivity index (χ0n) is 11.4. The Morgan fingerprint density at radius 2 is 2.16 bits per heavy atom. The van der Waals surface area contributed by atoms with E-state index in [1.165, 1.54) is 0 Å². The lowest BCUT2D eigenvalue weighted by atomic mass is 9.93.